The van der Waals surface area contributed by atoms with Gasteiger partial charge in [-0.2, -0.15) is 0 Å². The van der Waals surface area contributed by atoms with E-state index in [0.717, 1.165) is 27.8 Å². The molecule has 0 unspecified atom stereocenters. The summed E-state index contributed by atoms with van der Waals surface area (Å²) in [6.45, 7) is 0. The summed E-state index contributed by atoms with van der Waals surface area (Å²) in [4.78, 5) is 8.51. The maximum Gasteiger partial charge on any atom is 0.145 e. The van der Waals surface area contributed by atoms with Gasteiger partial charge in [0.05, 0.1) is 16.6 Å². The first-order valence-corrected chi connectivity index (χ1v) is 12.6. The van der Waals surface area contributed by atoms with Crippen molar-refractivity contribution < 1.29 is 0 Å². The van der Waals surface area contributed by atoms with E-state index in [1.807, 2.05) is 6.20 Å². The van der Waals surface area contributed by atoms with Crippen LogP contribution in [-0.2, 0) is 0 Å². The second kappa shape index (κ2) is 6.77. The van der Waals surface area contributed by atoms with Gasteiger partial charge in [-0.05, 0) is 36.4 Å². The molecule has 0 spiro atoms. The summed E-state index contributed by atoms with van der Waals surface area (Å²) in [6.07, 6.45) is 4.01. The van der Waals surface area contributed by atoms with Gasteiger partial charge in [0.1, 0.15) is 5.65 Å². The minimum atomic E-state index is 0.979. The van der Waals surface area contributed by atoms with Crippen LogP contribution in [0.2, 0.25) is 0 Å². The minimum Gasteiger partial charge on any atom is -0.354 e. The molecule has 4 heterocycles. The molecule has 0 atom stereocenters. The summed E-state index contributed by atoms with van der Waals surface area (Å²) < 4.78 is 4.69. The molecule has 9 rings (SSSR count). The van der Waals surface area contributed by atoms with Crippen LogP contribution >= 0.6 is 0 Å². The molecule has 9 aromatic rings. The van der Waals surface area contributed by atoms with Crippen LogP contribution in [0.25, 0.3) is 76.6 Å². The quantitative estimate of drug-likeness (QED) is 0.239. The first-order valence-electron chi connectivity index (χ1n) is 12.6. The average Bonchev–Trinajstić information content (AvgIpc) is 3.67. The highest BCUT2D eigenvalue weighted by atomic mass is 15.0. The monoisotopic (exact) mass is 472 g/mol. The molecule has 0 aliphatic carbocycles. The summed E-state index contributed by atoms with van der Waals surface area (Å²) in [5, 5.41) is 8.59. The predicted octanol–water partition coefficient (Wildman–Crippen LogP) is 8.37. The van der Waals surface area contributed by atoms with Crippen LogP contribution in [-0.4, -0.2) is 18.9 Å². The van der Waals surface area contributed by atoms with Crippen molar-refractivity contribution in [1.82, 2.24) is 18.9 Å². The van der Waals surface area contributed by atoms with Crippen LogP contribution in [0.3, 0.4) is 0 Å². The third kappa shape index (κ3) is 2.35. The van der Waals surface area contributed by atoms with Gasteiger partial charge >= 0.3 is 0 Å². The zero-order valence-corrected chi connectivity index (χ0v) is 19.8. The van der Waals surface area contributed by atoms with E-state index in [1.165, 1.54) is 48.9 Å². The van der Waals surface area contributed by atoms with E-state index >= 15 is 0 Å². The molecular weight excluding hydrogens is 452 g/mol. The number of aromatic nitrogens is 4. The second-order valence-corrected chi connectivity index (χ2v) is 9.75. The number of para-hydroxylation sites is 3. The summed E-state index contributed by atoms with van der Waals surface area (Å²) in [5.74, 6) is 0. The first-order chi connectivity index (χ1) is 18.4. The number of aromatic amines is 1. The van der Waals surface area contributed by atoms with Gasteiger partial charge in [-0.1, -0.05) is 66.7 Å². The molecule has 4 heteroatoms. The van der Waals surface area contributed by atoms with Crippen LogP contribution in [0.4, 0.5) is 0 Å². The van der Waals surface area contributed by atoms with Crippen molar-refractivity contribution in [3.05, 3.63) is 116 Å². The van der Waals surface area contributed by atoms with Crippen molar-refractivity contribution in [2.75, 3.05) is 0 Å². The van der Waals surface area contributed by atoms with E-state index in [0.29, 0.717) is 0 Å². The Morgan fingerprint density at radius 2 is 1.30 bits per heavy atom. The van der Waals surface area contributed by atoms with Crippen molar-refractivity contribution >= 4 is 70.9 Å². The normalized spacial score (nSPS) is 12.3. The van der Waals surface area contributed by atoms with Crippen molar-refractivity contribution in [2.45, 2.75) is 0 Å². The van der Waals surface area contributed by atoms with Gasteiger partial charge < -0.3 is 9.55 Å². The highest BCUT2D eigenvalue weighted by molar-refractivity contribution is 6.31. The van der Waals surface area contributed by atoms with E-state index in [-0.39, 0.29) is 0 Å². The van der Waals surface area contributed by atoms with Crippen molar-refractivity contribution in [1.29, 1.82) is 0 Å². The first kappa shape index (κ1) is 19.1. The van der Waals surface area contributed by atoms with Crippen LogP contribution in [0.15, 0.2) is 116 Å². The number of H-pyrrole nitrogens is 1. The van der Waals surface area contributed by atoms with Crippen LogP contribution in [0.1, 0.15) is 0 Å². The van der Waals surface area contributed by atoms with Gasteiger partial charge in [0.15, 0.2) is 0 Å². The number of benzene rings is 5. The van der Waals surface area contributed by atoms with Crippen LogP contribution in [0, 0.1) is 0 Å². The number of fused-ring (bicyclic) bond motifs is 14. The molecule has 0 saturated carbocycles. The van der Waals surface area contributed by atoms with Crippen LogP contribution < -0.4 is 0 Å². The Morgan fingerprint density at radius 3 is 2.22 bits per heavy atom. The van der Waals surface area contributed by atoms with Gasteiger partial charge in [-0.15, -0.1) is 0 Å². The molecule has 0 amide bonds. The Labute approximate surface area is 211 Å². The van der Waals surface area contributed by atoms with Gasteiger partial charge in [0.2, 0.25) is 0 Å². The molecule has 0 bridgehead atoms. The minimum absolute atomic E-state index is 0.979. The van der Waals surface area contributed by atoms with E-state index in [9.17, 15) is 0 Å². The second-order valence-electron chi connectivity index (χ2n) is 9.75. The lowest BCUT2D eigenvalue weighted by Gasteiger charge is -2.14. The summed E-state index contributed by atoms with van der Waals surface area (Å²) in [5.41, 5.74) is 8.04. The molecular formula is C33H20N4. The van der Waals surface area contributed by atoms with E-state index in [2.05, 4.69) is 123 Å². The smallest absolute Gasteiger partial charge is 0.145 e. The number of nitrogens with one attached hydrogen (secondary N) is 1. The molecule has 172 valence electrons. The van der Waals surface area contributed by atoms with Gasteiger partial charge in [-0.3, -0.25) is 4.40 Å². The van der Waals surface area contributed by atoms with Crippen LogP contribution in [0.5, 0.6) is 0 Å². The van der Waals surface area contributed by atoms with E-state index in [4.69, 9.17) is 4.98 Å². The molecule has 4 nitrogen and oxygen atoms in total. The topological polar surface area (TPSA) is 38.0 Å². The molecule has 0 saturated heterocycles. The number of rotatable bonds is 1. The number of imidazole rings is 1. The lowest BCUT2D eigenvalue weighted by Crippen LogP contribution is -1.97. The Kier molecular flexibility index (Phi) is 3.50. The Balaban J connectivity index is 1.64. The number of nitrogens with zero attached hydrogens (tertiary/aromatic N) is 3. The molecule has 4 aromatic heterocycles. The largest absolute Gasteiger partial charge is 0.354 e. The standard InChI is InChI=1S/C33H20N4/c1-2-8-20(9-3-1)37-28-13-7-5-10-21(28)22-14-15-25-29(32(22)37)24-16-17-27-30(23-11-4-6-12-26(23)35-27)31(24)36-19-18-34-33(25)36/h1-19,35H. The predicted molar refractivity (Wildman–Crippen MR) is 154 cm³/mol. The highest BCUT2D eigenvalue weighted by Crippen LogP contribution is 2.43. The molecule has 0 radical (unpaired) electrons. The van der Waals surface area contributed by atoms with Crippen molar-refractivity contribution in [3.63, 3.8) is 0 Å². The van der Waals surface area contributed by atoms with Crippen molar-refractivity contribution in [2.24, 2.45) is 0 Å². The van der Waals surface area contributed by atoms with E-state index < -0.39 is 0 Å². The van der Waals surface area contributed by atoms with E-state index in [1.54, 1.807) is 0 Å². The number of hydrogen-bond acceptors (Lipinski definition) is 1. The third-order valence-electron chi connectivity index (χ3n) is 7.89. The summed E-state index contributed by atoms with van der Waals surface area (Å²) in [6, 6.07) is 37.0. The lowest BCUT2D eigenvalue weighted by atomic mass is 9.99. The molecule has 5 aromatic carbocycles. The fraction of sp³-hybridized carbons (Fsp3) is 0. The van der Waals surface area contributed by atoms with Gasteiger partial charge in [-0.25, -0.2) is 4.98 Å². The summed E-state index contributed by atoms with van der Waals surface area (Å²) in [7, 11) is 0. The molecule has 37 heavy (non-hydrogen) atoms. The number of pyridine rings is 1. The lowest BCUT2D eigenvalue weighted by molar-refractivity contribution is 1.19. The summed E-state index contributed by atoms with van der Waals surface area (Å²) >= 11 is 0. The fourth-order valence-corrected chi connectivity index (χ4v) is 6.42. The highest BCUT2D eigenvalue weighted by Gasteiger charge is 2.21. The zero-order chi connectivity index (χ0) is 24.1. The maximum atomic E-state index is 4.87. The Hall–Kier alpha value is -5.09. The maximum absolute atomic E-state index is 4.87. The molecule has 0 fully saturated rings. The number of hydrogen-bond donors (Lipinski definition) is 1. The molecule has 0 aliphatic rings. The van der Waals surface area contributed by atoms with Gasteiger partial charge in [0, 0.05) is 66.8 Å². The fourth-order valence-electron chi connectivity index (χ4n) is 6.42. The molecule has 0 aliphatic heterocycles. The third-order valence-corrected chi connectivity index (χ3v) is 7.89. The SMILES string of the molecule is c1ccc(-n2c3ccccc3c3ccc4c(c5ccc6[nH]c7ccccc7c6c5n5ccnc45)c32)cc1. The van der Waals surface area contributed by atoms with Crippen molar-refractivity contribution in [3.8, 4) is 5.69 Å². The van der Waals surface area contributed by atoms with Gasteiger partial charge in [0.25, 0.3) is 0 Å². The Bertz CT molecular complexity index is 2350. The molecule has 1 N–H and O–H groups in total. The Morgan fingerprint density at radius 1 is 0.541 bits per heavy atom. The average molecular weight is 473 g/mol. The zero-order valence-electron chi connectivity index (χ0n) is 19.8.